The maximum absolute atomic E-state index is 12.3. The lowest BCUT2D eigenvalue weighted by atomic mass is 10.1. The fraction of sp³-hybridized carbons (Fsp3) is 0.421. The van der Waals surface area contributed by atoms with Crippen LogP contribution in [0.15, 0.2) is 28.7 Å². The van der Waals surface area contributed by atoms with Gasteiger partial charge in [0, 0.05) is 18.1 Å². The van der Waals surface area contributed by atoms with Crippen LogP contribution in [0.3, 0.4) is 0 Å². The number of aromatic nitrogens is 5. The van der Waals surface area contributed by atoms with Crippen LogP contribution in [-0.4, -0.2) is 31.1 Å². The van der Waals surface area contributed by atoms with Crippen LogP contribution in [0, 0.1) is 13.8 Å². The molecule has 3 aromatic rings. The molecule has 0 saturated carbocycles. The molecule has 0 spiro atoms. The lowest BCUT2D eigenvalue weighted by Crippen LogP contribution is -2.24. The maximum atomic E-state index is 12.3. The molecule has 2 heterocycles. The minimum Gasteiger partial charge on any atom is -0.274 e. The largest absolute Gasteiger partial charge is 0.274 e. The molecule has 0 atom stereocenters. The molecule has 1 amide bonds. The Labute approximate surface area is 173 Å². The summed E-state index contributed by atoms with van der Waals surface area (Å²) in [6, 6.07) is 6.00. The molecule has 28 heavy (non-hydrogen) atoms. The zero-order valence-corrected chi connectivity index (χ0v) is 18.6. The third-order valence-electron chi connectivity index (χ3n) is 4.22. The normalized spacial score (nSPS) is 11.6. The van der Waals surface area contributed by atoms with Gasteiger partial charge in [-0.1, -0.05) is 17.8 Å². The van der Waals surface area contributed by atoms with Gasteiger partial charge in [-0.15, -0.1) is 16.4 Å². The number of benzene rings is 1. The Kier molecular flexibility index (Phi) is 5.85. The Morgan fingerprint density at radius 3 is 2.64 bits per heavy atom. The first-order chi connectivity index (χ1) is 13.2. The monoisotopic (exact) mass is 416 g/mol. The van der Waals surface area contributed by atoms with Crippen molar-refractivity contribution in [3.8, 4) is 0 Å². The van der Waals surface area contributed by atoms with Crippen LogP contribution in [-0.2, 0) is 16.1 Å². The number of thioether (sulfide) groups is 1. The van der Waals surface area contributed by atoms with Gasteiger partial charge in [-0.2, -0.15) is 0 Å². The van der Waals surface area contributed by atoms with Crippen molar-refractivity contribution in [2.75, 3.05) is 4.90 Å². The van der Waals surface area contributed by atoms with Crippen LogP contribution in [0.4, 0.5) is 10.8 Å². The lowest BCUT2D eigenvalue weighted by Gasteiger charge is -2.19. The molecule has 3 rings (SSSR count). The van der Waals surface area contributed by atoms with Gasteiger partial charge >= 0.3 is 0 Å². The lowest BCUT2D eigenvalue weighted by molar-refractivity contribution is -0.115. The van der Waals surface area contributed by atoms with Crippen molar-refractivity contribution in [1.29, 1.82) is 0 Å². The molecule has 0 radical (unpaired) electrons. The molecule has 0 aliphatic heterocycles. The molecule has 0 fully saturated rings. The molecule has 0 aliphatic rings. The molecule has 7 nitrogen and oxygen atoms in total. The molecule has 0 unspecified atom stereocenters. The highest BCUT2D eigenvalue weighted by Crippen LogP contribution is 2.32. The van der Waals surface area contributed by atoms with E-state index in [4.69, 9.17) is 0 Å². The van der Waals surface area contributed by atoms with Gasteiger partial charge in [0.05, 0.1) is 16.9 Å². The Morgan fingerprint density at radius 1 is 1.25 bits per heavy atom. The molecular weight excluding hydrogens is 392 g/mol. The summed E-state index contributed by atoms with van der Waals surface area (Å²) in [5.74, 6) is 0.569. The number of rotatable bonds is 5. The van der Waals surface area contributed by atoms with Crippen molar-refractivity contribution in [2.24, 2.45) is 0 Å². The summed E-state index contributed by atoms with van der Waals surface area (Å²) >= 11 is 2.99. The van der Waals surface area contributed by atoms with E-state index in [1.807, 2.05) is 35.2 Å². The molecule has 9 heteroatoms. The molecule has 0 saturated heterocycles. The van der Waals surface area contributed by atoms with Gasteiger partial charge in [-0.3, -0.25) is 9.69 Å². The number of thiazole rings is 1. The van der Waals surface area contributed by atoms with E-state index < -0.39 is 0 Å². The summed E-state index contributed by atoms with van der Waals surface area (Å²) < 4.78 is 1.81. The average Bonchev–Trinajstić information content (AvgIpc) is 3.25. The van der Waals surface area contributed by atoms with Crippen molar-refractivity contribution in [3.05, 3.63) is 40.4 Å². The second-order valence-electron chi connectivity index (χ2n) is 7.58. The van der Waals surface area contributed by atoms with E-state index in [1.165, 1.54) is 28.7 Å². The number of amides is 1. The van der Waals surface area contributed by atoms with Crippen molar-refractivity contribution in [3.63, 3.8) is 0 Å². The fourth-order valence-corrected chi connectivity index (χ4v) is 4.53. The van der Waals surface area contributed by atoms with E-state index in [0.29, 0.717) is 10.9 Å². The van der Waals surface area contributed by atoms with Gasteiger partial charge in [-0.25, -0.2) is 9.67 Å². The van der Waals surface area contributed by atoms with Gasteiger partial charge in [0.2, 0.25) is 11.1 Å². The highest BCUT2D eigenvalue weighted by Gasteiger charge is 2.21. The minimum absolute atomic E-state index is 0.0616. The number of carbonyl (C=O) groups excluding carboxylic acids is 1. The van der Waals surface area contributed by atoms with E-state index >= 15 is 0 Å². The molecular formula is C19H24N6OS2. The van der Waals surface area contributed by atoms with E-state index in [1.54, 1.807) is 11.8 Å². The number of aryl methyl sites for hydroxylation is 2. The Bertz CT molecular complexity index is 988. The molecule has 148 valence electrons. The van der Waals surface area contributed by atoms with E-state index in [0.717, 1.165) is 22.1 Å². The summed E-state index contributed by atoms with van der Waals surface area (Å²) in [4.78, 5) is 18.6. The van der Waals surface area contributed by atoms with Gasteiger partial charge in [0.1, 0.15) is 0 Å². The molecule has 0 bridgehead atoms. The van der Waals surface area contributed by atoms with Crippen LogP contribution in [0.2, 0.25) is 0 Å². The highest BCUT2D eigenvalue weighted by molar-refractivity contribution is 7.98. The second kappa shape index (κ2) is 8.00. The Hall–Kier alpha value is -2.26. The summed E-state index contributed by atoms with van der Waals surface area (Å²) in [6.45, 7) is 11.8. The van der Waals surface area contributed by atoms with Gasteiger partial charge < -0.3 is 0 Å². The molecule has 2 aromatic heterocycles. The SMILES string of the molecule is CC(=O)N(c1ccc(C)c(C)c1)c1nc(CSc2nnnn2C(C)(C)C)cs1. The third kappa shape index (κ3) is 4.41. The number of anilines is 2. The first kappa shape index (κ1) is 20.5. The average molecular weight is 417 g/mol. The van der Waals surface area contributed by atoms with Gasteiger partial charge in [0.25, 0.3) is 0 Å². The smallest absolute Gasteiger partial charge is 0.230 e. The Morgan fingerprint density at radius 2 is 2.00 bits per heavy atom. The Balaban J connectivity index is 1.79. The van der Waals surface area contributed by atoms with Gasteiger partial charge in [-0.05, 0) is 68.3 Å². The quantitative estimate of drug-likeness (QED) is 0.571. The van der Waals surface area contributed by atoms with Crippen molar-refractivity contribution >= 4 is 39.8 Å². The number of hydrogen-bond acceptors (Lipinski definition) is 7. The van der Waals surface area contributed by atoms with Crippen molar-refractivity contribution < 1.29 is 4.79 Å². The minimum atomic E-state index is -0.187. The molecule has 0 aliphatic carbocycles. The van der Waals surface area contributed by atoms with E-state index in [-0.39, 0.29) is 11.4 Å². The van der Waals surface area contributed by atoms with Crippen LogP contribution in [0.1, 0.15) is 44.5 Å². The van der Waals surface area contributed by atoms with Crippen LogP contribution in [0.5, 0.6) is 0 Å². The standard InChI is InChI=1S/C19H24N6OS2/c1-12-7-8-16(9-13(12)2)24(14(3)26)17-20-15(10-27-17)11-28-18-21-22-23-25(18)19(4,5)6/h7-10H,11H2,1-6H3. The van der Waals surface area contributed by atoms with Crippen LogP contribution in [0.25, 0.3) is 0 Å². The number of carbonyl (C=O) groups is 1. The van der Waals surface area contributed by atoms with Crippen molar-refractivity contribution in [1.82, 2.24) is 25.2 Å². The number of tetrazole rings is 1. The first-order valence-corrected chi connectivity index (χ1v) is 10.8. The fourth-order valence-electron chi connectivity index (χ4n) is 2.59. The molecule has 0 N–H and O–H groups in total. The summed E-state index contributed by atoms with van der Waals surface area (Å²) in [7, 11) is 0. The summed E-state index contributed by atoms with van der Waals surface area (Å²) in [6.07, 6.45) is 0. The topological polar surface area (TPSA) is 76.8 Å². The van der Waals surface area contributed by atoms with Gasteiger partial charge in [0.15, 0.2) is 5.13 Å². The molecule has 1 aromatic carbocycles. The zero-order valence-electron chi connectivity index (χ0n) is 16.9. The predicted octanol–water partition coefficient (Wildman–Crippen LogP) is 4.48. The summed E-state index contributed by atoms with van der Waals surface area (Å²) in [5.41, 5.74) is 3.88. The van der Waals surface area contributed by atoms with Crippen LogP contribution >= 0.6 is 23.1 Å². The second-order valence-corrected chi connectivity index (χ2v) is 9.36. The zero-order chi connectivity index (χ0) is 20.5. The third-order valence-corrected chi connectivity index (χ3v) is 6.05. The van der Waals surface area contributed by atoms with E-state index in [9.17, 15) is 4.79 Å². The van der Waals surface area contributed by atoms with E-state index in [2.05, 4.69) is 48.2 Å². The maximum Gasteiger partial charge on any atom is 0.230 e. The highest BCUT2D eigenvalue weighted by atomic mass is 32.2. The summed E-state index contributed by atoms with van der Waals surface area (Å²) in [5, 5.41) is 15.4. The first-order valence-electron chi connectivity index (χ1n) is 8.91. The number of nitrogens with zero attached hydrogens (tertiary/aromatic N) is 6. The van der Waals surface area contributed by atoms with Crippen LogP contribution < -0.4 is 4.90 Å². The predicted molar refractivity (Wildman–Crippen MR) is 113 cm³/mol. The number of hydrogen-bond donors (Lipinski definition) is 0. The van der Waals surface area contributed by atoms with Crippen molar-refractivity contribution in [2.45, 2.75) is 58.0 Å².